The van der Waals surface area contributed by atoms with E-state index in [1.807, 2.05) is 13.0 Å². The topological polar surface area (TPSA) is 27.7 Å². The molecule has 0 bridgehead atoms. The highest BCUT2D eigenvalue weighted by molar-refractivity contribution is 5.68. The minimum Gasteiger partial charge on any atom is -0.491 e. The van der Waals surface area contributed by atoms with Gasteiger partial charge in [-0.15, -0.1) is 0 Å². The largest absolute Gasteiger partial charge is 0.491 e. The van der Waals surface area contributed by atoms with Crippen LogP contribution in [0.15, 0.2) is 42.5 Å². The van der Waals surface area contributed by atoms with E-state index in [0.717, 1.165) is 50.5 Å². The lowest BCUT2D eigenvalue weighted by Gasteiger charge is -2.35. The minimum atomic E-state index is -1.31. The highest BCUT2D eigenvalue weighted by Gasteiger charge is 2.30. The van der Waals surface area contributed by atoms with E-state index < -0.39 is 46.0 Å². The maximum Gasteiger partial charge on any atom is 0.201 e. The summed E-state index contributed by atoms with van der Waals surface area (Å²) < 4.78 is 105. The molecule has 0 spiro atoms. The summed E-state index contributed by atoms with van der Waals surface area (Å²) in [5.74, 6) is -6.45. The van der Waals surface area contributed by atoms with Gasteiger partial charge in [-0.3, -0.25) is 0 Å². The van der Waals surface area contributed by atoms with Crippen molar-refractivity contribution in [3.63, 3.8) is 0 Å². The molecule has 3 aromatic rings. The molecule has 1 saturated carbocycles. The number of benzene rings is 3. The molecule has 9 heteroatoms. The Balaban J connectivity index is 1.14. The number of hydrogen-bond donors (Lipinski definition) is 0. The molecule has 2 aliphatic carbocycles. The monoisotopic (exact) mass is 646 g/mol. The van der Waals surface area contributed by atoms with Gasteiger partial charge in [0.05, 0.1) is 19.8 Å². The van der Waals surface area contributed by atoms with Crippen molar-refractivity contribution in [3.8, 4) is 28.4 Å². The molecule has 3 aromatic carbocycles. The van der Waals surface area contributed by atoms with Crippen molar-refractivity contribution in [1.29, 1.82) is 0 Å². The lowest BCUT2D eigenvalue weighted by molar-refractivity contribution is 0.146. The van der Waals surface area contributed by atoms with E-state index in [0.29, 0.717) is 30.2 Å². The van der Waals surface area contributed by atoms with Gasteiger partial charge in [0.2, 0.25) is 17.5 Å². The van der Waals surface area contributed by atoms with Crippen LogP contribution in [0.5, 0.6) is 17.2 Å². The van der Waals surface area contributed by atoms with Crippen molar-refractivity contribution in [2.75, 3.05) is 19.8 Å². The van der Waals surface area contributed by atoms with Crippen LogP contribution in [0.25, 0.3) is 16.7 Å². The second-order valence-electron chi connectivity index (χ2n) is 12.2. The van der Waals surface area contributed by atoms with Crippen LogP contribution >= 0.6 is 0 Å². The molecule has 3 nitrogen and oxygen atoms in total. The Kier molecular flexibility index (Phi) is 11.2. The van der Waals surface area contributed by atoms with Crippen LogP contribution in [0.4, 0.5) is 26.3 Å². The Morgan fingerprint density at radius 1 is 0.587 bits per heavy atom. The lowest BCUT2D eigenvalue weighted by atomic mass is 9.71. The van der Waals surface area contributed by atoms with E-state index in [9.17, 15) is 22.0 Å². The number of ether oxygens (including phenoxy) is 3. The molecule has 2 aliphatic rings. The van der Waals surface area contributed by atoms with Crippen LogP contribution in [0.3, 0.4) is 0 Å². The first-order valence-electron chi connectivity index (χ1n) is 16.3. The third-order valence-electron chi connectivity index (χ3n) is 9.32. The maximum absolute atomic E-state index is 15.0. The molecule has 0 radical (unpaired) electrons. The molecule has 0 aliphatic heterocycles. The van der Waals surface area contributed by atoms with Crippen LogP contribution in [0.2, 0.25) is 0 Å². The van der Waals surface area contributed by atoms with E-state index in [-0.39, 0.29) is 43.0 Å². The van der Waals surface area contributed by atoms with Gasteiger partial charge in [-0.25, -0.2) is 13.2 Å². The molecule has 1 atom stereocenters. The Morgan fingerprint density at radius 2 is 1.13 bits per heavy atom. The molecular formula is C37H40F6O3. The molecule has 1 fully saturated rings. The van der Waals surface area contributed by atoms with E-state index in [1.54, 1.807) is 13.0 Å². The Hall–Kier alpha value is -3.62. The summed E-state index contributed by atoms with van der Waals surface area (Å²) in [5.41, 5.74) is 0.309. The fourth-order valence-corrected chi connectivity index (χ4v) is 6.64. The van der Waals surface area contributed by atoms with Crippen molar-refractivity contribution in [2.24, 2.45) is 17.8 Å². The SMILES string of the molecule is CCCCOc1ccc(-c2ccc(OCC3CCC(C4CC=C(c5ccc(OCC)c(F)c5F)CC4)CC3)c(F)c2F)c(F)c1F. The molecule has 0 N–H and O–H groups in total. The van der Waals surface area contributed by atoms with Crippen molar-refractivity contribution >= 4 is 5.57 Å². The average molecular weight is 647 g/mol. The van der Waals surface area contributed by atoms with E-state index in [4.69, 9.17) is 14.2 Å². The number of halogens is 6. The fourth-order valence-electron chi connectivity index (χ4n) is 6.64. The van der Waals surface area contributed by atoms with Crippen LogP contribution in [-0.4, -0.2) is 19.8 Å². The number of allylic oxidation sites excluding steroid dienone is 2. The molecule has 0 aromatic heterocycles. The molecule has 0 saturated heterocycles. The summed E-state index contributed by atoms with van der Waals surface area (Å²) in [6.07, 6.45) is 9.55. The van der Waals surface area contributed by atoms with E-state index in [2.05, 4.69) is 0 Å². The zero-order chi connectivity index (χ0) is 32.8. The molecular weight excluding hydrogens is 606 g/mol. The van der Waals surface area contributed by atoms with Gasteiger partial charge in [0.15, 0.2) is 34.7 Å². The first-order chi connectivity index (χ1) is 22.2. The van der Waals surface area contributed by atoms with Gasteiger partial charge in [0.25, 0.3) is 0 Å². The molecule has 5 rings (SSSR count). The van der Waals surface area contributed by atoms with Crippen molar-refractivity contribution in [1.82, 2.24) is 0 Å². The summed E-state index contributed by atoms with van der Waals surface area (Å²) >= 11 is 0. The Morgan fingerprint density at radius 3 is 1.67 bits per heavy atom. The quantitative estimate of drug-likeness (QED) is 0.145. The van der Waals surface area contributed by atoms with Gasteiger partial charge in [0, 0.05) is 16.7 Å². The highest BCUT2D eigenvalue weighted by atomic mass is 19.2. The summed E-state index contributed by atoms with van der Waals surface area (Å²) in [6, 6.07) is 7.89. The average Bonchev–Trinajstić information content (AvgIpc) is 3.07. The maximum atomic E-state index is 15.0. The van der Waals surface area contributed by atoms with Gasteiger partial charge in [-0.2, -0.15) is 13.2 Å². The lowest BCUT2D eigenvalue weighted by Crippen LogP contribution is -2.26. The van der Waals surface area contributed by atoms with Gasteiger partial charge < -0.3 is 14.2 Å². The van der Waals surface area contributed by atoms with E-state index >= 15 is 4.39 Å². The van der Waals surface area contributed by atoms with Gasteiger partial charge in [0.1, 0.15) is 0 Å². The molecule has 248 valence electrons. The number of unbranched alkanes of at least 4 members (excludes halogenated alkanes) is 1. The minimum absolute atomic E-state index is 0.0784. The Bertz CT molecular complexity index is 1550. The summed E-state index contributed by atoms with van der Waals surface area (Å²) in [6.45, 7) is 4.35. The van der Waals surface area contributed by atoms with Crippen LogP contribution in [-0.2, 0) is 0 Å². The predicted octanol–water partition coefficient (Wildman–Crippen LogP) is 10.8. The zero-order valence-electron chi connectivity index (χ0n) is 26.3. The zero-order valence-corrected chi connectivity index (χ0v) is 26.3. The third kappa shape index (κ3) is 7.34. The summed E-state index contributed by atoms with van der Waals surface area (Å²) in [4.78, 5) is 0. The van der Waals surface area contributed by atoms with E-state index in [1.165, 1.54) is 30.3 Å². The third-order valence-corrected chi connectivity index (χ3v) is 9.32. The second kappa shape index (κ2) is 15.3. The van der Waals surface area contributed by atoms with Crippen LogP contribution in [0.1, 0.15) is 77.2 Å². The van der Waals surface area contributed by atoms with Gasteiger partial charge >= 0.3 is 0 Å². The summed E-state index contributed by atoms with van der Waals surface area (Å²) in [5, 5.41) is 0. The molecule has 46 heavy (non-hydrogen) atoms. The smallest absolute Gasteiger partial charge is 0.201 e. The standard InChI is InChI=1S/C37H40F6O3/c1-3-5-20-45-30-18-15-27(33(39)36(30)42)28-16-19-31(37(43)34(28)40)46-21-22-6-8-23(9-7-22)24-10-12-25(13-11-24)26-14-17-29(44-4-2)35(41)32(26)38/h12,14-19,22-24H,3-11,13,20-21H2,1-2H3. The Labute approximate surface area is 266 Å². The number of rotatable bonds is 12. The van der Waals surface area contributed by atoms with Crippen LogP contribution in [0, 0.1) is 52.7 Å². The van der Waals surface area contributed by atoms with Crippen molar-refractivity contribution in [3.05, 3.63) is 82.9 Å². The fraction of sp³-hybridized carbons (Fsp3) is 0.459. The van der Waals surface area contributed by atoms with Gasteiger partial charge in [-0.1, -0.05) is 19.4 Å². The second-order valence-corrected chi connectivity index (χ2v) is 12.2. The molecule has 0 amide bonds. The van der Waals surface area contributed by atoms with Crippen molar-refractivity contribution in [2.45, 2.75) is 71.6 Å². The van der Waals surface area contributed by atoms with Crippen LogP contribution < -0.4 is 14.2 Å². The first-order valence-corrected chi connectivity index (χ1v) is 16.3. The van der Waals surface area contributed by atoms with Gasteiger partial charge in [-0.05, 0) is 118 Å². The first kappa shape index (κ1) is 33.7. The predicted molar refractivity (Wildman–Crippen MR) is 166 cm³/mol. The highest BCUT2D eigenvalue weighted by Crippen LogP contribution is 2.42. The molecule has 1 unspecified atom stereocenters. The molecule has 0 heterocycles. The normalized spacial score (nSPS) is 19.9. The van der Waals surface area contributed by atoms with Crippen molar-refractivity contribution < 1.29 is 40.6 Å². The summed E-state index contributed by atoms with van der Waals surface area (Å²) in [7, 11) is 0. The number of hydrogen-bond acceptors (Lipinski definition) is 3.